The summed E-state index contributed by atoms with van der Waals surface area (Å²) in [7, 11) is 0. The van der Waals surface area contributed by atoms with Crippen molar-refractivity contribution in [3.63, 3.8) is 0 Å². The molecule has 0 saturated heterocycles. The van der Waals surface area contributed by atoms with Crippen molar-refractivity contribution in [1.29, 1.82) is 5.26 Å². The van der Waals surface area contributed by atoms with Gasteiger partial charge in [0.05, 0.1) is 0 Å². The summed E-state index contributed by atoms with van der Waals surface area (Å²) in [6.45, 7) is 18.0. The summed E-state index contributed by atoms with van der Waals surface area (Å²) in [6.07, 6.45) is 7.33. The van der Waals surface area contributed by atoms with Crippen LogP contribution in [0.25, 0.3) is 24.3 Å². The van der Waals surface area contributed by atoms with Crippen LogP contribution >= 0.6 is 0 Å². The largest absolute Gasteiger partial charge is 0.202 e. The fraction of sp³-hybridized carbons (Fsp3) is 0. The second kappa shape index (κ2) is 21.6. The minimum absolute atomic E-state index is 1.17. The molecule has 0 atom stereocenters. The van der Waals surface area contributed by atoms with Crippen LogP contribution in [-0.4, -0.2) is 0 Å². The van der Waals surface area contributed by atoms with E-state index in [1.807, 2.05) is 146 Å². The number of hydrogen-bond acceptors (Lipinski definition) is 1. The van der Waals surface area contributed by atoms with Gasteiger partial charge in [0.15, 0.2) is 0 Å². The van der Waals surface area contributed by atoms with Crippen LogP contribution in [0.2, 0.25) is 0 Å². The van der Waals surface area contributed by atoms with Crippen LogP contribution in [0.1, 0.15) is 22.3 Å². The quantitative estimate of drug-likeness (QED) is 0.308. The Morgan fingerprint density at radius 3 is 0.588 bits per heavy atom. The Morgan fingerprint density at radius 2 is 0.500 bits per heavy atom. The SMILES string of the molecule is C#N.C=Cc1ccccc1.C=Cc1ccccc1.C=Cc1ccccc1.C=Cc1ccccc1. The monoisotopic (exact) mass is 443 g/mol. The first kappa shape index (κ1) is 29.3. The Hall–Kier alpha value is -4.67. The summed E-state index contributed by atoms with van der Waals surface area (Å²) in [4.78, 5) is 0. The van der Waals surface area contributed by atoms with E-state index in [2.05, 4.69) is 32.9 Å². The van der Waals surface area contributed by atoms with Gasteiger partial charge in [0, 0.05) is 6.57 Å². The second-order valence-corrected chi connectivity index (χ2v) is 6.46. The minimum Gasteiger partial charge on any atom is -0.202 e. The summed E-state index contributed by atoms with van der Waals surface area (Å²) < 4.78 is 0. The Bertz CT molecular complexity index is 874. The third-order valence-electron chi connectivity index (χ3n) is 4.14. The van der Waals surface area contributed by atoms with Gasteiger partial charge in [-0.2, -0.15) is 0 Å². The molecule has 0 amide bonds. The third kappa shape index (κ3) is 15.2. The van der Waals surface area contributed by atoms with Crippen molar-refractivity contribution in [3.05, 3.63) is 170 Å². The molecule has 0 aliphatic carbocycles. The zero-order valence-electron chi connectivity index (χ0n) is 19.7. The van der Waals surface area contributed by atoms with Crippen LogP contribution in [0.3, 0.4) is 0 Å². The van der Waals surface area contributed by atoms with E-state index in [1.54, 1.807) is 0 Å². The van der Waals surface area contributed by atoms with Gasteiger partial charge in [-0.3, -0.25) is 0 Å². The van der Waals surface area contributed by atoms with E-state index < -0.39 is 0 Å². The molecule has 0 radical (unpaired) electrons. The number of nitriles is 1. The molecule has 0 saturated carbocycles. The molecule has 0 aliphatic heterocycles. The highest BCUT2D eigenvalue weighted by Crippen LogP contribution is 1.99. The summed E-state index contributed by atoms with van der Waals surface area (Å²) in [5.74, 6) is 0. The highest BCUT2D eigenvalue weighted by molar-refractivity contribution is 5.47. The van der Waals surface area contributed by atoms with Crippen molar-refractivity contribution >= 4 is 24.3 Å². The van der Waals surface area contributed by atoms with E-state index in [9.17, 15) is 0 Å². The molecule has 0 bridgehead atoms. The fourth-order valence-electron chi connectivity index (χ4n) is 2.36. The molecule has 0 aromatic heterocycles. The Balaban J connectivity index is 0.000000416. The predicted octanol–water partition coefficient (Wildman–Crippen LogP) is 9.46. The Kier molecular flexibility index (Phi) is 18.6. The van der Waals surface area contributed by atoms with Crippen LogP contribution in [0.5, 0.6) is 0 Å². The summed E-state index contributed by atoms with van der Waals surface area (Å²) in [5, 5.41) is 6.50. The normalized spacial score (nSPS) is 8.06. The smallest absolute Gasteiger partial charge is 0.0462 e. The highest BCUT2D eigenvalue weighted by Gasteiger charge is 1.77. The lowest BCUT2D eigenvalue weighted by Gasteiger charge is -1.85. The number of rotatable bonds is 4. The molecule has 0 N–H and O–H groups in total. The summed E-state index contributed by atoms with van der Waals surface area (Å²) in [6, 6.07) is 40.1. The van der Waals surface area contributed by atoms with Gasteiger partial charge in [0.25, 0.3) is 0 Å². The van der Waals surface area contributed by atoms with Crippen molar-refractivity contribution in [1.82, 2.24) is 0 Å². The average molecular weight is 444 g/mol. The number of benzene rings is 4. The maximum absolute atomic E-state index is 6.50. The third-order valence-corrected chi connectivity index (χ3v) is 4.14. The lowest BCUT2D eigenvalue weighted by molar-refractivity contribution is 1.58. The van der Waals surface area contributed by atoms with Gasteiger partial charge in [0.2, 0.25) is 0 Å². The number of hydrogen-bond donors (Lipinski definition) is 0. The Labute approximate surface area is 206 Å². The molecule has 0 unspecified atom stereocenters. The average Bonchev–Trinajstić information content (AvgIpc) is 2.97. The molecule has 4 aromatic rings. The molecule has 1 nitrogen and oxygen atoms in total. The van der Waals surface area contributed by atoms with E-state index in [4.69, 9.17) is 5.26 Å². The van der Waals surface area contributed by atoms with Gasteiger partial charge in [-0.15, -0.1) is 0 Å². The van der Waals surface area contributed by atoms with Crippen LogP contribution in [-0.2, 0) is 0 Å². The topological polar surface area (TPSA) is 23.8 Å². The molecule has 4 aromatic carbocycles. The molecule has 0 heterocycles. The van der Waals surface area contributed by atoms with Gasteiger partial charge < -0.3 is 0 Å². The van der Waals surface area contributed by atoms with Crippen molar-refractivity contribution in [2.24, 2.45) is 0 Å². The first-order valence-corrected chi connectivity index (χ1v) is 10.7. The van der Waals surface area contributed by atoms with Crippen molar-refractivity contribution in [3.8, 4) is 6.57 Å². The molecule has 0 aliphatic rings. The van der Waals surface area contributed by atoms with Gasteiger partial charge in [-0.05, 0) is 22.3 Å². The van der Waals surface area contributed by atoms with Crippen molar-refractivity contribution in [2.45, 2.75) is 0 Å². The molecular weight excluding hydrogens is 410 g/mol. The molecule has 1 heteroatoms. The van der Waals surface area contributed by atoms with E-state index in [0.717, 1.165) is 0 Å². The molecule has 170 valence electrons. The first-order chi connectivity index (χ1) is 16.7. The standard InChI is InChI=1S/4C8H8.CHN/c4*1-2-8-6-4-3-5-7-8;1-2/h4*2-7H,1H2;1H. The summed E-state index contributed by atoms with van der Waals surface area (Å²) in [5.41, 5.74) is 4.69. The maximum atomic E-state index is 6.50. The van der Waals surface area contributed by atoms with E-state index in [0.29, 0.717) is 0 Å². The maximum Gasteiger partial charge on any atom is 0.0462 e. The van der Waals surface area contributed by atoms with Gasteiger partial charge >= 0.3 is 0 Å². The van der Waals surface area contributed by atoms with Crippen molar-refractivity contribution < 1.29 is 0 Å². The van der Waals surface area contributed by atoms with Gasteiger partial charge in [-0.1, -0.05) is 172 Å². The van der Waals surface area contributed by atoms with E-state index in [1.165, 1.54) is 22.3 Å². The van der Waals surface area contributed by atoms with Gasteiger partial charge in [-0.25, -0.2) is 5.26 Å². The molecule has 34 heavy (non-hydrogen) atoms. The lowest BCUT2D eigenvalue weighted by Crippen LogP contribution is -1.63. The second-order valence-electron chi connectivity index (χ2n) is 6.46. The van der Waals surface area contributed by atoms with Crippen LogP contribution < -0.4 is 0 Å². The first-order valence-electron chi connectivity index (χ1n) is 10.7. The van der Waals surface area contributed by atoms with Gasteiger partial charge in [0.1, 0.15) is 0 Å². The lowest BCUT2D eigenvalue weighted by atomic mass is 10.2. The zero-order chi connectivity index (χ0) is 25.3. The number of nitrogens with zero attached hydrogens (tertiary/aromatic N) is 1. The van der Waals surface area contributed by atoms with Crippen LogP contribution in [0.4, 0.5) is 0 Å². The van der Waals surface area contributed by atoms with E-state index >= 15 is 0 Å². The Morgan fingerprint density at radius 1 is 0.353 bits per heavy atom. The predicted molar refractivity (Wildman–Crippen MR) is 153 cm³/mol. The van der Waals surface area contributed by atoms with E-state index in [-0.39, 0.29) is 0 Å². The zero-order valence-corrected chi connectivity index (χ0v) is 19.7. The molecule has 0 spiro atoms. The molecule has 4 rings (SSSR count). The highest BCUT2D eigenvalue weighted by atomic mass is 14.2. The van der Waals surface area contributed by atoms with Crippen LogP contribution in [0, 0.1) is 11.8 Å². The fourth-order valence-corrected chi connectivity index (χ4v) is 2.36. The molecule has 0 fully saturated rings. The summed E-state index contributed by atoms with van der Waals surface area (Å²) >= 11 is 0. The van der Waals surface area contributed by atoms with Crippen LogP contribution in [0.15, 0.2) is 148 Å². The minimum atomic E-state index is 1.17. The molecular formula is C33H33N. The van der Waals surface area contributed by atoms with Crippen molar-refractivity contribution in [2.75, 3.05) is 0 Å².